The molecule has 0 radical (unpaired) electrons. The molecule has 3 rings (SSSR count). The van der Waals surface area contributed by atoms with Crippen molar-refractivity contribution >= 4 is 23.3 Å². The molecule has 2 amide bonds. The molecule has 1 aromatic heterocycles. The van der Waals surface area contributed by atoms with Crippen LogP contribution in [0.15, 0.2) is 36.5 Å². The number of aromatic nitrogens is 1. The van der Waals surface area contributed by atoms with Crippen molar-refractivity contribution in [3.63, 3.8) is 0 Å². The molecule has 1 fully saturated rings. The Morgan fingerprint density at radius 2 is 2.00 bits per heavy atom. The van der Waals surface area contributed by atoms with E-state index in [1.54, 1.807) is 18.2 Å². The number of likely N-dealkylation sites (tertiary alicyclic amines) is 1. The van der Waals surface area contributed by atoms with E-state index < -0.39 is 23.8 Å². The maximum absolute atomic E-state index is 14.9. The summed E-state index contributed by atoms with van der Waals surface area (Å²) in [5.74, 6) is -3.66. The number of nitrogens with zero attached hydrogens (tertiary/aromatic N) is 2. The topological polar surface area (TPSA) is 88.3 Å². The zero-order valence-electron chi connectivity index (χ0n) is 21.0. The quantitative estimate of drug-likeness (QED) is 0.492. The van der Waals surface area contributed by atoms with E-state index in [2.05, 4.69) is 10.3 Å². The van der Waals surface area contributed by atoms with Gasteiger partial charge in [-0.15, -0.1) is 0 Å². The fourth-order valence-electron chi connectivity index (χ4n) is 4.50. The van der Waals surface area contributed by atoms with E-state index in [-0.39, 0.29) is 23.8 Å². The molecule has 190 valence electrons. The molecule has 1 aromatic carbocycles. The summed E-state index contributed by atoms with van der Waals surface area (Å²) in [4.78, 5) is 31.7. The number of carbonyl (C=O) groups excluding carboxylic acids is 2. The Balaban J connectivity index is 1.82. The van der Waals surface area contributed by atoms with Crippen molar-refractivity contribution in [2.45, 2.75) is 71.8 Å². The summed E-state index contributed by atoms with van der Waals surface area (Å²) < 4.78 is 29.8. The van der Waals surface area contributed by atoms with Crippen molar-refractivity contribution in [3.8, 4) is 0 Å². The van der Waals surface area contributed by atoms with Crippen molar-refractivity contribution in [2.75, 3.05) is 17.6 Å². The fourth-order valence-corrected chi connectivity index (χ4v) is 4.50. The number of anilines is 2. The lowest BCUT2D eigenvalue weighted by atomic mass is 9.88. The first-order valence-corrected chi connectivity index (χ1v) is 12.4. The summed E-state index contributed by atoms with van der Waals surface area (Å²) in [5.41, 5.74) is 7.57. The number of carbonyl (C=O) groups is 2. The van der Waals surface area contributed by atoms with Gasteiger partial charge < -0.3 is 16.0 Å². The molecule has 0 saturated carbocycles. The van der Waals surface area contributed by atoms with Crippen LogP contribution in [0.2, 0.25) is 0 Å². The van der Waals surface area contributed by atoms with Gasteiger partial charge in [-0.1, -0.05) is 45.9 Å². The van der Waals surface area contributed by atoms with Crippen molar-refractivity contribution < 1.29 is 18.4 Å². The number of alkyl halides is 2. The molecular formula is C27H36F2N4O2. The molecular weight excluding hydrogens is 450 g/mol. The molecule has 8 heteroatoms. The molecule has 6 nitrogen and oxygen atoms in total. The minimum atomic E-state index is -2.95. The zero-order valence-corrected chi connectivity index (χ0v) is 21.0. The van der Waals surface area contributed by atoms with Crippen molar-refractivity contribution in [2.24, 2.45) is 11.8 Å². The molecule has 0 spiro atoms. The highest BCUT2D eigenvalue weighted by Crippen LogP contribution is 2.38. The van der Waals surface area contributed by atoms with E-state index in [1.165, 1.54) is 23.2 Å². The molecule has 2 aromatic rings. The second kappa shape index (κ2) is 11.1. The Hall–Kier alpha value is -3.03. The number of piperidine rings is 1. The maximum Gasteiger partial charge on any atom is 0.313 e. The molecule has 35 heavy (non-hydrogen) atoms. The van der Waals surface area contributed by atoms with Crippen LogP contribution in [-0.2, 0) is 21.9 Å². The molecule has 1 aliphatic heterocycles. The fraction of sp³-hybridized carbons (Fsp3) is 0.519. The predicted molar refractivity (Wildman–Crippen MR) is 134 cm³/mol. The van der Waals surface area contributed by atoms with Gasteiger partial charge in [0.25, 0.3) is 5.92 Å². The number of benzene rings is 1. The Bertz CT molecular complexity index is 1060. The number of halogens is 2. The number of aryl methyl sites for hydroxylation is 1. The number of nitrogens with two attached hydrogens (primary N) is 1. The Kier molecular flexibility index (Phi) is 8.46. The van der Waals surface area contributed by atoms with Crippen molar-refractivity contribution in [3.05, 3.63) is 53.2 Å². The minimum absolute atomic E-state index is 0.0498. The summed E-state index contributed by atoms with van der Waals surface area (Å²) in [6, 6.07) is 7.57. The van der Waals surface area contributed by atoms with Gasteiger partial charge in [0.15, 0.2) is 0 Å². The zero-order chi connectivity index (χ0) is 25.8. The Morgan fingerprint density at radius 1 is 1.26 bits per heavy atom. The Morgan fingerprint density at radius 3 is 2.69 bits per heavy atom. The van der Waals surface area contributed by atoms with Crippen LogP contribution in [0.3, 0.4) is 0 Å². The standard InChI is InChI=1S/C27H36F2N4O2/c1-5-19-14-22(15-31-24(19)30)32-25(34)26(35)33-16-18(4)9-10-23(33)20-7-6-8-21(13-20)27(28,29)12-11-17(2)3/h6-8,13-15,17-18,23H,5,9-12,16H2,1-4H3,(H2,30,31)(H,32,34)/t18-,23+/m0/s1. The third-order valence-electron chi connectivity index (χ3n) is 6.64. The second-order valence-corrected chi connectivity index (χ2v) is 9.99. The van der Waals surface area contributed by atoms with Gasteiger partial charge in [-0.05, 0) is 60.8 Å². The summed E-state index contributed by atoms with van der Waals surface area (Å²) in [6.07, 6.45) is 3.69. The average molecular weight is 487 g/mol. The maximum atomic E-state index is 14.9. The first-order chi connectivity index (χ1) is 16.5. The predicted octanol–water partition coefficient (Wildman–Crippen LogP) is 5.69. The van der Waals surface area contributed by atoms with Gasteiger partial charge in [-0.2, -0.15) is 0 Å². The van der Waals surface area contributed by atoms with Gasteiger partial charge in [-0.25, -0.2) is 13.8 Å². The number of nitrogens with one attached hydrogen (secondary N) is 1. The van der Waals surface area contributed by atoms with Gasteiger partial charge in [-0.3, -0.25) is 9.59 Å². The molecule has 2 atom stereocenters. The molecule has 1 saturated heterocycles. The summed E-state index contributed by atoms with van der Waals surface area (Å²) >= 11 is 0. The van der Waals surface area contributed by atoms with E-state index in [9.17, 15) is 18.4 Å². The van der Waals surface area contributed by atoms with Crippen LogP contribution in [0.25, 0.3) is 0 Å². The number of amides is 2. The smallest absolute Gasteiger partial charge is 0.313 e. The van der Waals surface area contributed by atoms with Crippen LogP contribution in [0.5, 0.6) is 0 Å². The molecule has 0 unspecified atom stereocenters. The number of pyridine rings is 1. The largest absolute Gasteiger partial charge is 0.383 e. The molecule has 3 N–H and O–H groups in total. The molecule has 0 bridgehead atoms. The SMILES string of the molecule is CCc1cc(NC(=O)C(=O)N2C[C@@H](C)CC[C@@H]2c2cccc(C(F)(F)CCC(C)C)c2)cnc1N. The van der Waals surface area contributed by atoms with Crippen molar-refractivity contribution in [1.29, 1.82) is 0 Å². The van der Waals surface area contributed by atoms with Crippen LogP contribution in [0.1, 0.15) is 76.1 Å². The number of hydrogen-bond acceptors (Lipinski definition) is 4. The lowest BCUT2D eigenvalue weighted by Crippen LogP contribution is -2.46. The highest BCUT2D eigenvalue weighted by Gasteiger charge is 2.36. The van der Waals surface area contributed by atoms with Gasteiger partial charge in [0, 0.05) is 18.5 Å². The first kappa shape index (κ1) is 26.6. The normalized spacial score (nSPS) is 18.5. The first-order valence-electron chi connectivity index (χ1n) is 12.4. The van der Waals surface area contributed by atoms with Gasteiger partial charge in [0.05, 0.1) is 17.9 Å². The van der Waals surface area contributed by atoms with Crippen LogP contribution < -0.4 is 11.1 Å². The van der Waals surface area contributed by atoms with E-state index in [0.29, 0.717) is 42.9 Å². The summed E-state index contributed by atoms with van der Waals surface area (Å²) in [7, 11) is 0. The molecule has 0 aliphatic carbocycles. The lowest BCUT2D eigenvalue weighted by molar-refractivity contribution is -0.146. The van der Waals surface area contributed by atoms with Gasteiger partial charge in [0.2, 0.25) is 0 Å². The highest BCUT2D eigenvalue weighted by molar-refractivity contribution is 6.39. The van der Waals surface area contributed by atoms with Crippen molar-refractivity contribution in [1.82, 2.24) is 9.88 Å². The van der Waals surface area contributed by atoms with Crippen LogP contribution >= 0.6 is 0 Å². The van der Waals surface area contributed by atoms with Crippen LogP contribution in [-0.4, -0.2) is 28.2 Å². The third kappa shape index (κ3) is 6.55. The highest BCUT2D eigenvalue weighted by atomic mass is 19.3. The number of hydrogen-bond donors (Lipinski definition) is 2. The lowest BCUT2D eigenvalue weighted by Gasteiger charge is -2.38. The number of nitrogen functional groups attached to an aromatic ring is 1. The number of rotatable bonds is 7. The second-order valence-electron chi connectivity index (χ2n) is 9.99. The van der Waals surface area contributed by atoms with E-state index in [0.717, 1.165) is 12.0 Å². The van der Waals surface area contributed by atoms with Crippen LogP contribution in [0, 0.1) is 11.8 Å². The van der Waals surface area contributed by atoms with Gasteiger partial charge >= 0.3 is 11.8 Å². The Labute approximate surface area is 206 Å². The van der Waals surface area contributed by atoms with E-state index in [1.807, 2.05) is 27.7 Å². The molecule has 2 heterocycles. The van der Waals surface area contributed by atoms with Crippen LogP contribution in [0.4, 0.5) is 20.3 Å². The minimum Gasteiger partial charge on any atom is -0.383 e. The van der Waals surface area contributed by atoms with E-state index >= 15 is 0 Å². The summed E-state index contributed by atoms with van der Waals surface area (Å²) in [5, 5.41) is 2.62. The third-order valence-corrected chi connectivity index (χ3v) is 6.64. The summed E-state index contributed by atoms with van der Waals surface area (Å²) in [6.45, 7) is 8.17. The average Bonchev–Trinajstić information content (AvgIpc) is 2.83. The molecule has 1 aliphatic rings. The van der Waals surface area contributed by atoms with Gasteiger partial charge in [0.1, 0.15) is 5.82 Å². The van der Waals surface area contributed by atoms with E-state index in [4.69, 9.17) is 5.73 Å². The monoisotopic (exact) mass is 486 g/mol.